The molecule has 4 aliphatic carbocycles. The smallest absolute Gasteiger partial charge is 0.266 e. The van der Waals surface area contributed by atoms with Gasteiger partial charge < -0.3 is 0 Å². The third-order valence-corrected chi connectivity index (χ3v) is 9.41. The van der Waals surface area contributed by atoms with Gasteiger partial charge in [-0.15, -0.1) is 11.3 Å². The van der Waals surface area contributed by atoms with Crippen molar-refractivity contribution in [2.45, 2.75) is 38.1 Å². The van der Waals surface area contributed by atoms with Gasteiger partial charge in [0.05, 0.1) is 4.91 Å². The third kappa shape index (κ3) is 2.58. The Hall–Kier alpha value is -1.17. The highest BCUT2D eigenvalue weighted by molar-refractivity contribution is 8.26. The van der Waals surface area contributed by atoms with Crippen molar-refractivity contribution in [3.8, 4) is 0 Å². The molecular weight excluding hydrogens is 390 g/mol. The Morgan fingerprint density at radius 2 is 1.74 bits per heavy atom. The van der Waals surface area contributed by atoms with Gasteiger partial charge in [-0.2, -0.15) is 0 Å². The predicted molar refractivity (Wildman–Crippen MR) is 118 cm³/mol. The summed E-state index contributed by atoms with van der Waals surface area (Å²) in [6.45, 7) is 0. The Labute approximate surface area is 173 Å². The summed E-state index contributed by atoms with van der Waals surface area (Å²) in [4.78, 5) is 16.2. The highest BCUT2D eigenvalue weighted by Gasteiger charge is 2.53. The molecule has 27 heavy (non-hydrogen) atoms. The minimum absolute atomic E-state index is 0.151. The number of hydrogen-bond acceptors (Lipinski definition) is 4. The molecule has 4 bridgehead atoms. The first-order valence-electron chi connectivity index (χ1n) is 9.90. The van der Waals surface area contributed by atoms with Gasteiger partial charge >= 0.3 is 0 Å². The molecule has 1 amide bonds. The van der Waals surface area contributed by atoms with E-state index in [0.717, 1.165) is 26.6 Å². The average Bonchev–Trinajstić information content (AvgIpc) is 3.17. The fraction of sp³-hybridized carbons (Fsp3) is 0.455. The standard InChI is InChI=1S/C22H21NOS3/c24-21-19(10-16-11-26-18-4-2-1-3-17(16)18)27-22(25)23(21)20-14-6-12-5-13(8-14)9-15(20)7-12/h1-4,10-15,20H,5-9H2/b19-10-. The summed E-state index contributed by atoms with van der Waals surface area (Å²) in [5.74, 6) is 3.32. The molecule has 1 aromatic carbocycles. The van der Waals surface area contributed by atoms with E-state index in [1.807, 2.05) is 4.90 Å². The predicted octanol–water partition coefficient (Wildman–Crippen LogP) is 5.93. The summed E-state index contributed by atoms with van der Waals surface area (Å²) in [6, 6.07) is 8.75. The number of amides is 1. The minimum atomic E-state index is 0.151. The van der Waals surface area contributed by atoms with Gasteiger partial charge in [0.15, 0.2) is 0 Å². The molecule has 0 unspecified atom stereocenters. The van der Waals surface area contributed by atoms with Gasteiger partial charge in [0.2, 0.25) is 0 Å². The monoisotopic (exact) mass is 411 g/mol. The summed E-state index contributed by atoms with van der Waals surface area (Å²) < 4.78 is 2.04. The van der Waals surface area contributed by atoms with Crippen molar-refractivity contribution in [2.24, 2.45) is 23.7 Å². The number of thiocarbonyl (C=S) groups is 1. The van der Waals surface area contributed by atoms with Crippen LogP contribution in [0.25, 0.3) is 16.2 Å². The van der Waals surface area contributed by atoms with E-state index in [1.54, 1.807) is 11.3 Å². The molecule has 0 radical (unpaired) electrons. The Morgan fingerprint density at radius 3 is 2.48 bits per heavy atom. The normalized spacial score (nSPS) is 36.5. The Bertz CT molecular complexity index is 962. The summed E-state index contributed by atoms with van der Waals surface area (Å²) >= 11 is 8.96. The van der Waals surface area contributed by atoms with Crippen molar-refractivity contribution < 1.29 is 4.79 Å². The zero-order chi connectivity index (χ0) is 18.1. The molecule has 7 rings (SSSR count). The topological polar surface area (TPSA) is 20.3 Å². The molecule has 2 nitrogen and oxygen atoms in total. The van der Waals surface area contributed by atoms with Crippen LogP contribution < -0.4 is 0 Å². The summed E-state index contributed by atoms with van der Waals surface area (Å²) in [5, 5.41) is 3.38. The van der Waals surface area contributed by atoms with Gasteiger partial charge in [-0.1, -0.05) is 42.2 Å². The number of rotatable bonds is 2. The van der Waals surface area contributed by atoms with Crippen LogP contribution in [0.3, 0.4) is 0 Å². The molecule has 1 aromatic heterocycles. The van der Waals surface area contributed by atoms with Crippen molar-refractivity contribution in [3.63, 3.8) is 0 Å². The van der Waals surface area contributed by atoms with Crippen molar-refractivity contribution in [1.82, 2.24) is 4.90 Å². The number of hydrogen-bond donors (Lipinski definition) is 0. The molecule has 5 heteroatoms. The van der Waals surface area contributed by atoms with Gasteiger partial charge in [0.1, 0.15) is 4.32 Å². The molecular formula is C22H21NOS3. The summed E-state index contributed by atoms with van der Waals surface area (Å²) in [5.41, 5.74) is 1.14. The van der Waals surface area contributed by atoms with Crippen LogP contribution in [-0.2, 0) is 4.79 Å². The second kappa shape index (κ2) is 6.16. The lowest BCUT2D eigenvalue weighted by Gasteiger charge is -2.56. The summed E-state index contributed by atoms with van der Waals surface area (Å²) in [7, 11) is 0. The van der Waals surface area contributed by atoms with Crippen molar-refractivity contribution >= 4 is 61.7 Å². The maximum Gasteiger partial charge on any atom is 0.266 e. The maximum absolute atomic E-state index is 13.4. The number of carbonyl (C=O) groups is 1. The van der Waals surface area contributed by atoms with Gasteiger partial charge in [-0.25, -0.2) is 0 Å². The summed E-state index contributed by atoms with van der Waals surface area (Å²) in [6.07, 6.45) is 8.73. The average molecular weight is 412 g/mol. The van der Waals surface area contributed by atoms with Crippen LogP contribution in [0.2, 0.25) is 0 Å². The van der Waals surface area contributed by atoms with Crippen molar-refractivity contribution in [3.05, 3.63) is 40.1 Å². The first kappa shape index (κ1) is 16.8. The van der Waals surface area contributed by atoms with E-state index >= 15 is 0 Å². The second-order valence-corrected chi connectivity index (χ2v) is 11.2. The van der Waals surface area contributed by atoms with Crippen LogP contribution in [0.5, 0.6) is 0 Å². The lowest BCUT2D eigenvalue weighted by Crippen LogP contribution is -2.57. The van der Waals surface area contributed by atoms with E-state index in [9.17, 15) is 4.79 Å². The van der Waals surface area contributed by atoms with E-state index in [-0.39, 0.29) is 5.91 Å². The van der Waals surface area contributed by atoms with Crippen molar-refractivity contribution in [2.75, 3.05) is 0 Å². The second-order valence-electron chi connectivity index (χ2n) is 8.66. The minimum Gasteiger partial charge on any atom is -0.289 e. The Balaban J connectivity index is 1.33. The lowest BCUT2D eigenvalue weighted by atomic mass is 9.54. The van der Waals surface area contributed by atoms with Crippen LogP contribution in [0.4, 0.5) is 0 Å². The number of thioether (sulfide) groups is 1. The first-order chi connectivity index (χ1) is 13.2. The molecule has 2 aromatic rings. The van der Waals surface area contributed by atoms with E-state index in [4.69, 9.17) is 12.2 Å². The Kier molecular flexibility index (Phi) is 3.82. The zero-order valence-electron chi connectivity index (χ0n) is 15.0. The van der Waals surface area contributed by atoms with Crippen LogP contribution in [0.15, 0.2) is 34.6 Å². The largest absolute Gasteiger partial charge is 0.289 e. The van der Waals surface area contributed by atoms with E-state index < -0.39 is 0 Å². The number of fused-ring (bicyclic) bond motifs is 1. The molecule has 0 N–H and O–H groups in total. The molecule has 4 saturated carbocycles. The van der Waals surface area contributed by atoms with E-state index in [1.165, 1.54) is 54.0 Å². The molecule has 2 heterocycles. The maximum atomic E-state index is 13.4. The van der Waals surface area contributed by atoms with Crippen molar-refractivity contribution in [1.29, 1.82) is 0 Å². The number of carbonyl (C=O) groups excluding carboxylic acids is 1. The first-order valence-corrected chi connectivity index (χ1v) is 12.0. The van der Waals surface area contributed by atoms with Gasteiger partial charge in [-0.05, 0) is 84.2 Å². The molecule has 1 aliphatic heterocycles. The molecule has 0 atom stereocenters. The molecule has 1 saturated heterocycles. The van der Waals surface area contributed by atoms with Crippen LogP contribution in [-0.4, -0.2) is 21.2 Å². The third-order valence-electron chi connectivity index (χ3n) is 7.10. The fourth-order valence-electron chi connectivity index (χ4n) is 6.31. The van der Waals surface area contributed by atoms with Gasteiger partial charge in [0.25, 0.3) is 5.91 Å². The van der Waals surface area contributed by atoms with E-state index in [0.29, 0.717) is 17.9 Å². The number of nitrogens with zero attached hydrogens (tertiary/aromatic N) is 1. The van der Waals surface area contributed by atoms with E-state index in [2.05, 4.69) is 35.7 Å². The zero-order valence-corrected chi connectivity index (χ0v) is 17.4. The molecule has 0 spiro atoms. The van der Waals surface area contributed by atoms with Crippen LogP contribution in [0, 0.1) is 23.7 Å². The fourth-order valence-corrected chi connectivity index (χ4v) is 8.56. The molecule has 138 valence electrons. The quantitative estimate of drug-likeness (QED) is 0.451. The number of thiophene rings is 1. The molecule has 5 aliphatic rings. The van der Waals surface area contributed by atoms with Gasteiger partial charge in [0, 0.05) is 10.7 Å². The SMILES string of the molecule is O=C1/C(=C/c2csc3ccccc23)SC(=S)N1C1C2CC3CC(C2)CC1C3. The highest BCUT2D eigenvalue weighted by Crippen LogP contribution is 2.56. The van der Waals surface area contributed by atoms with Crippen LogP contribution in [0.1, 0.15) is 37.7 Å². The lowest BCUT2D eigenvalue weighted by molar-refractivity contribution is -0.130. The highest BCUT2D eigenvalue weighted by atomic mass is 32.2. The Morgan fingerprint density at radius 1 is 1.04 bits per heavy atom. The number of benzene rings is 1. The van der Waals surface area contributed by atoms with Crippen LogP contribution >= 0.6 is 35.3 Å². The van der Waals surface area contributed by atoms with Gasteiger partial charge in [-0.3, -0.25) is 9.69 Å². The molecule has 5 fully saturated rings.